The van der Waals surface area contributed by atoms with Crippen molar-refractivity contribution in [3.8, 4) is 11.8 Å². The fourth-order valence-electron chi connectivity index (χ4n) is 5.36. The van der Waals surface area contributed by atoms with Crippen molar-refractivity contribution < 1.29 is 27.8 Å². The smallest absolute Gasteiger partial charge is 0.414 e. The standard InChI is InChI=1S/C22H26ClF3N2O3/c1-12-14-4-3-5-16(21(30)22(24,25)26)15(14)8-9-28(12)19(29)10-17-13(11-27)6-7-18(31-2)20(17)23/h6-7,12,14-16,21,30H,3-5,8-10H2,1-2H3/t12-,14+,15?,16+,21-/m0/s1. The van der Waals surface area contributed by atoms with Crippen molar-refractivity contribution in [2.24, 2.45) is 17.8 Å². The monoisotopic (exact) mass is 458 g/mol. The number of piperidine rings is 1. The summed E-state index contributed by atoms with van der Waals surface area (Å²) in [6.07, 6.45) is -4.99. The number of ether oxygens (including phenoxy) is 1. The number of alkyl halides is 3. The van der Waals surface area contributed by atoms with Gasteiger partial charge in [-0.05, 0) is 56.1 Å². The zero-order chi connectivity index (χ0) is 22.9. The van der Waals surface area contributed by atoms with E-state index in [4.69, 9.17) is 16.3 Å². The molecule has 2 fully saturated rings. The zero-order valence-corrected chi connectivity index (χ0v) is 18.2. The summed E-state index contributed by atoms with van der Waals surface area (Å²) >= 11 is 6.34. The van der Waals surface area contributed by atoms with E-state index in [1.807, 2.05) is 13.0 Å². The Morgan fingerprint density at radius 2 is 2.06 bits per heavy atom. The average Bonchev–Trinajstić information content (AvgIpc) is 2.73. The molecular formula is C22H26ClF3N2O3. The van der Waals surface area contributed by atoms with Gasteiger partial charge in [-0.3, -0.25) is 4.79 Å². The molecule has 0 aromatic heterocycles. The fraction of sp³-hybridized carbons (Fsp3) is 0.636. The highest BCUT2D eigenvalue weighted by Gasteiger charge is 2.51. The van der Waals surface area contributed by atoms with Crippen LogP contribution in [0.4, 0.5) is 13.2 Å². The van der Waals surface area contributed by atoms with Gasteiger partial charge < -0.3 is 14.7 Å². The lowest BCUT2D eigenvalue weighted by Crippen LogP contribution is -2.55. The summed E-state index contributed by atoms with van der Waals surface area (Å²) in [6.45, 7) is 2.17. The first kappa shape index (κ1) is 23.7. The van der Waals surface area contributed by atoms with Gasteiger partial charge in [-0.15, -0.1) is 0 Å². The van der Waals surface area contributed by atoms with Crippen LogP contribution in [-0.4, -0.2) is 47.9 Å². The largest absolute Gasteiger partial charge is 0.495 e. The second-order valence-electron chi connectivity index (χ2n) is 8.42. The van der Waals surface area contributed by atoms with E-state index >= 15 is 0 Å². The van der Waals surface area contributed by atoms with Crippen molar-refractivity contribution >= 4 is 17.5 Å². The molecule has 5 nitrogen and oxygen atoms in total. The number of carbonyl (C=O) groups excluding carboxylic acids is 1. The Balaban J connectivity index is 1.78. The lowest BCUT2D eigenvalue weighted by atomic mass is 9.64. The summed E-state index contributed by atoms with van der Waals surface area (Å²) in [5.74, 6) is -1.08. The van der Waals surface area contributed by atoms with Crippen molar-refractivity contribution in [1.82, 2.24) is 4.90 Å². The van der Waals surface area contributed by atoms with Crippen LogP contribution in [0.1, 0.15) is 43.7 Å². The molecule has 1 unspecified atom stereocenters. The Morgan fingerprint density at radius 3 is 2.68 bits per heavy atom. The Morgan fingerprint density at radius 1 is 1.35 bits per heavy atom. The van der Waals surface area contributed by atoms with E-state index in [2.05, 4.69) is 0 Å². The second-order valence-corrected chi connectivity index (χ2v) is 8.80. The van der Waals surface area contributed by atoms with Crippen LogP contribution in [0, 0.1) is 29.1 Å². The molecule has 0 spiro atoms. The van der Waals surface area contributed by atoms with Crippen LogP contribution in [0.2, 0.25) is 5.02 Å². The number of aliphatic hydroxyl groups is 1. The van der Waals surface area contributed by atoms with E-state index in [-0.39, 0.29) is 40.8 Å². The van der Waals surface area contributed by atoms with Gasteiger partial charge in [0.15, 0.2) is 6.10 Å². The highest BCUT2D eigenvalue weighted by Crippen LogP contribution is 2.47. The van der Waals surface area contributed by atoms with E-state index < -0.39 is 18.2 Å². The number of methoxy groups -OCH3 is 1. The Hall–Kier alpha value is -1.98. The van der Waals surface area contributed by atoms with Gasteiger partial charge in [-0.25, -0.2) is 0 Å². The quantitative estimate of drug-likeness (QED) is 0.728. The minimum absolute atomic E-state index is 0.0880. The Labute approximate surface area is 184 Å². The van der Waals surface area contributed by atoms with Gasteiger partial charge in [-0.2, -0.15) is 18.4 Å². The molecule has 1 amide bonds. The van der Waals surface area contributed by atoms with E-state index in [0.717, 1.165) is 6.42 Å². The van der Waals surface area contributed by atoms with Gasteiger partial charge in [0.05, 0.1) is 30.2 Å². The minimum atomic E-state index is -4.64. The number of rotatable bonds is 4. The van der Waals surface area contributed by atoms with Gasteiger partial charge in [-0.1, -0.05) is 18.0 Å². The number of amides is 1. The third kappa shape index (κ3) is 4.63. The maximum absolute atomic E-state index is 13.1. The summed E-state index contributed by atoms with van der Waals surface area (Å²) in [5, 5.41) is 19.5. The van der Waals surface area contributed by atoms with Crippen LogP contribution < -0.4 is 4.74 Å². The van der Waals surface area contributed by atoms with E-state index in [0.29, 0.717) is 37.1 Å². The molecule has 1 N–H and O–H groups in total. The summed E-state index contributed by atoms with van der Waals surface area (Å²) in [4.78, 5) is 14.8. The number of hydrogen-bond acceptors (Lipinski definition) is 4. The summed E-state index contributed by atoms with van der Waals surface area (Å²) in [5.41, 5.74) is 0.671. The molecule has 5 atom stereocenters. The number of nitrogens with zero attached hydrogens (tertiary/aromatic N) is 2. The maximum Gasteiger partial charge on any atom is 0.414 e. The third-order valence-corrected chi connectivity index (χ3v) is 7.34. The van der Waals surface area contributed by atoms with Crippen molar-refractivity contribution in [1.29, 1.82) is 5.26 Å². The molecule has 0 bridgehead atoms. The SMILES string of the molecule is COc1ccc(C#N)c(CC(=O)N2CCC3[C@H]([C@H](O)C(F)(F)F)CCC[C@@H]3[C@@H]2C)c1Cl. The van der Waals surface area contributed by atoms with Crippen molar-refractivity contribution in [3.63, 3.8) is 0 Å². The van der Waals surface area contributed by atoms with Gasteiger partial charge in [0.1, 0.15) is 5.75 Å². The van der Waals surface area contributed by atoms with Crippen LogP contribution in [0.15, 0.2) is 12.1 Å². The average molecular weight is 459 g/mol. The second kappa shape index (κ2) is 9.25. The number of aliphatic hydroxyl groups excluding tert-OH is 1. The number of hydrogen-bond donors (Lipinski definition) is 1. The van der Waals surface area contributed by atoms with Crippen LogP contribution in [0.25, 0.3) is 0 Å². The molecule has 1 saturated carbocycles. The molecule has 3 rings (SSSR count). The number of benzene rings is 1. The van der Waals surface area contributed by atoms with Crippen LogP contribution in [0.3, 0.4) is 0 Å². The summed E-state index contributed by atoms with van der Waals surface area (Å²) in [6, 6.07) is 4.90. The van der Waals surface area contributed by atoms with Crippen molar-refractivity contribution in [2.45, 2.75) is 57.3 Å². The zero-order valence-electron chi connectivity index (χ0n) is 17.5. The number of halogens is 4. The molecule has 170 valence electrons. The molecule has 1 saturated heterocycles. The van der Waals surface area contributed by atoms with Gasteiger partial charge in [0.25, 0.3) is 0 Å². The lowest BCUT2D eigenvalue weighted by Gasteiger charge is -2.50. The summed E-state index contributed by atoms with van der Waals surface area (Å²) < 4.78 is 44.6. The number of carbonyl (C=O) groups is 1. The minimum Gasteiger partial charge on any atom is -0.495 e. The molecule has 9 heteroatoms. The normalized spacial score (nSPS) is 27.2. The Bertz CT molecular complexity index is 871. The first-order chi connectivity index (χ1) is 14.6. The van der Waals surface area contributed by atoms with Gasteiger partial charge in [0, 0.05) is 18.2 Å². The third-order valence-electron chi connectivity index (χ3n) is 6.93. The summed E-state index contributed by atoms with van der Waals surface area (Å²) in [7, 11) is 1.45. The van der Waals surface area contributed by atoms with Gasteiger partial charge in [0.2, 0.25) is 5.91 Å². The maximum atomic E-state index is 13.1. The van der Waals surface area contributed by atoms with Crippen LogP contribution in [0.5, 0.6) is 5.75 Å². The molecule has 1 aromatic rings. The molecule has 0 radical (unpaired) electrons. The fourth-order valence-corrected chi connectivity index (χ4v) is 5.67. The number of likely N-dealkylation sites (tertiary alicyclic amines) is 1. The lowest BCUT2D eigenvalue weighted by molar-refractivity contribution is -0.233. The Kier molecular flexibility index (Phi) is 7.07. The van der Waals surface area contributed by atoms with Gasteiger partial charge >= 0.3 is 6.18 Å². The van der Waals surface area contributed by atoms with Crippen molar-refractivity contribution in [2.75, 3.05) is 13.7 Å². The highest BCUT2D eigenvalue weighted by atomic mass is 35.5. The molecule has 1 heterocycles. The van der Waals surface area contributed by atoms with E-state index in [9.17, 15) is 28.3 Å². The van der Waals surface area contributed by atoms with Crippen molar-refractivity contribution in [3.05, 3.63) is 28.3 Å². The van der Waals surface area contributed by atoms with Crippen LogP contribution >= 0.6 is 11.6 Å². The molecule has 2 aliphatic rings. The number of fused-ring (bicyclic) bond motifs is 1. The predicted octanol–water partition coefficient (Wildman–Crippen LogP) is 4.34. The first-order valence-electron chi connectivity index (χ1n) is 10.4. The molecular weight excluding hydrogens is 433 g/mol. The molecule has 31 heavy (non-hydrogen) atoms. The van der Waals surface area contributed by atoms with Crippen LogP contribution in [-0.2, 0) is 11.2 Å². The molecule has 1 aliphatic carbocycles. The molecule has 1 aromatic carbocycles. The number of nitriles is 1. The first-order valence-corrected chi connectivity index (χ1v) is 10.8. The van der Waals surface area contributed by atoms with E-state index in [1.54, 1.807) is 17.0 Å². The topological polar surface area (TPSA) is 73.6 Å². The highest BCUT2D eigenvalue weighted by molar-refractivity contribution is 6.33. The molecule has 1 aliphatic heterocycles. The van der Waals surface area contributed by atoms with E-state index in [1.165, 1.54) is 7.11 Å². The predicted molar refractivity (Wildman–Crippen MR) is 109 cm³/mol.